The maximum atomic E-state index is 12.2. The molecule has 1 amide bonds. The van der Waals surface area contributed by atoms with Crippen molar-refractivity contribution in [1.29, 1.82) is 0 Å². The third-order valence-corrected chi connectivity index (χ3v) is 6.39. The quantitative estimate of drug-likeness (QED) is 0.607. The van der Waals surface area contributed by atoms with Gasteiger partial charge in [0.1, 0.15) is 32.7 Å². The Morgan fingerprint density at radius 2 is 1.78 bits per heavy atom. The van der Waals surface area contributed by atoms with Gasteiger partial charge in [0, 0.05) is 17.0 Å². The minimum absolute atomic E-state index is 0.189. The summed E-state index contributed by atoms with van der Waals surface area (Å²) in [5, 5.41) is 5.16. The smallest absolute Gasteiger partial charge is 0.275 e. The number of nitrogens with one attached hydrogen (secondary N) is 3. The molecule has 146 valence electrons. The van der Waals surface area contributed by atoms with Crippen molar-refractivity contribution < 1.29 is 14.6 Å². The van der Waals surface area contributed by atoms with Crippen LogP contribution in [0.15, 0.2) is 41.8 Å². The van der Waals surface area contributed by atoms with E-state index >= 15 is 0 Å². The molecule has 1 aliphatic heterocycles. The highest BCUT2D eigenvalue weighted by Crippen LogP contribution is 2.14. The van der Waals surface area contributed by atoms with Crippen LogP contribution >= 0.6 is 11.3 Å². The number of thiophene rings is 1. The van der Waals surface area contributed by atoms with E-state index in [0.29, 0.717) is 12.5 Å². The Balaban J connectivity index is 1.34. The van der Waals surface area contributed by atoms with Crippen molar-refractivity contribution in [2.75, 3.05) is 39.3 Å². The van der Waals surface area contributed by atoms with Crippen molar-refractivity contribution in [2.24, 2.45) is 0 Å². The van der Waals surface area contributed by atoms with Crippen LogP contribution in [-0.2, 0) is 17.8 Å². The van der Waals surface area contributed by atoms with Crippen LogP contribution in [0.4, 0.5) is 0 Å². The summed E-state index contributed by atoms with van der Waals surface area (Å²) >= 11 is 1.75. The molecule has 0 unspecified atom stereocenters. The summed E-state index contributed by atoms with van der Waals surface area (Å²) in [6.45, 7) is 11.4. The number of amides is 1. The van der Waals surface area contributed by atoms with Gasteiger partial charge in [-0.3, -0.25) is 4.79 Å². The van der Waals surface area contributed by atoms with Crippen LogP contribution in [0, 0.1) is 0 Å². The maximum Gasteiger partial charge on any atom is 0.275 e. The lowest BCUT2D eigenvalue weighted by Crippen LogP contribution is -3.28. The van der Waals surface area contributed by atoms with Gasteiger partial charge in [-0.25, -0.2) is 0 Å². The predicted octanol–water partition coefficient (Wildman–Crippen LogP) is 0.514. The van der Waals surface area contributed by atoms with Crippen molar-refractivity contribution in [2.45, 2.75) is 32.7 Å². The van der Waals surface area contributed by atoms with Crippen molar-refractivity contribution >= 4 is 17.2 Å². The highest BCUT2D eigenvalue weighted by Gasteiger charge is 2.24. The van der Waals surface area contributed by atoms with E-state index in [4.69, 9.17) is 0 Å². The van der Waals surface area contributed by atoms with E-state index in [2.05, 4.69) is 60.9 Å². The molecule has 0 bridgehead atoms. The zero-order chi connectivity index (χ0) is 19.1. The zero-order valence-electron chi connectivity index (χ0n) is 16.6. The summed E-state index contributed by atoms with van der Waals surface area (Å²) in [6.07, 6.45) is 0.937. The van der Waals surface area contributed by atoms with Gasteiger partial charge in [-0.15, -0.1) is 11.3 Å². The second-order valence-electron chi connectivity index (χ2n) is 7.93. The lowest BCUT2D eigenvalue weighted by molar-refractivity contribution is -1.02. The third kappa shape index (κ3) is 6.45. The fraction of sp³-hybridized carbons (Fsp3) is 0.500. The van der Waals surface area contributed by atoms with Gasteiger partial charge in [0.15, 0.2) is 6.54 Å². The number of benzene rings is 1. The van der Waals surface area contributed by atoms with Gasteiger partial charge in [0.25, 0.3) is 5.91 Å². The lowest BCUT2D eigenvalue weighted by Gasteiger charge is -2.29. The molecule has 0 spiro atoms. The lowest BCUT2D eigenvalue weighted by atomic mass is 10.0. The first-order chi connectivity index (χ1) is 13.1. The summed E-state index contributed by atoms with van der Waals surface area (Å²) in [6, 6.07) is 13.3. The van der Waals surface area contributed by atoms with E-state index in [0.717, 1.165) is 45.7 Å². The fourth-order valence-electron chi connectivity index (χ4n) is 3.69. The van der Waals surface area contributed by atoms with Crippen LogP contribution in [0.3, 0.4) is 0 Å². The van der Waals surface area contributed by atoms with E-state index in [1.807, 2.05) is 0 Å². The molecule has 5 heteroatoms. The molecule has 3 rings (SSSR count). The molecule has 0 aliphatic carbocycles. The average Bonchev–Trinajstić information content (AvgIpc) is 3.17. The highest BCUT2D eigenvalue weighted by molar-refractivity contribution is 7.09. The fourth-order valence-corrected chi connectivity index (χ4v) is 4.40. The minimum Gasteiger partial charge on any atom is -0.351 e. The van der Waals surface area contributed by atoms with Gasteiger partial charge < -0.3 is 15.1 Å². The summed E-state index contributed by atoms with van der Waals surface area (Å²) in [5.41, 5.74) is 2.83. The Kier molecular flexibility index (Phi) is 7.44. The number of carbonyl (C=O) groups excluding carboxylic acids is 1. The second-order valence-corrected chi connectivity index (χ2v) is 8.96. The van der Waals surface area contributed by atoms with Crippen LogP contribution in [0.1, 0.15) is 35.8 Å². The number of rotatable bonds is 8. The average molecular weight is 388 g/mol. The Labute approximate surface area is 167 Å². The Morgan fingerprint density at radius 3 is 2.41 bits per heavy atom. The molecule has 0 atom stereocenters. The monoisotopic (exact) mass is 387 g/mol. The van der Waals surface area contributed by atoms with E-state index in [-0.39, 0.29) is 5.91 Å². The maximum absolute atomic E-state index is 12.2. The largest absolute Gasteiger partial charge is 0.351 e. The van der Waals surface area contributed by atoms with Crippen LogP contribution in [0.5, 0.6) is 0 Å². The highest BCUT2D eigenvalue weighted by atomic mass is 32.1. The number of carbonyl (C=O) groups is 1. The molecule has 1 aliphatic rings. The molecular formula is C22H33N3OS+2. The molecule has 27 heavy (non-hydrogen) atoms. The van der Waals surface area contributed by atoms with Crippen LogP contribution in [0.2, 0.25) is 0 Å². The normalized spacial score (nSPS) is 20.0. The molecule has 2 heterocycles. The number of quaternary nitrogens is 2. The Morgan fingerprint density at radius 1 is 1.07 bits per heavy atom. The molecule has 1 aromatic carbocycles. The van der Waals surface area contributed by atoms with Gasteiger partial charge in [-0.1, -0.05) is 44.2 Å². The summed E-state index contributed by atoms with van der Waals surface area (Å²) < 4.78 is 0. The number of hydrogen-bond donors (Lipinski definition) is 3. The van der Waals surface area contributed by atoms with Crippen molar-refractivity contribution in [3.05, 3.63) is 57.8 Å². The van der Waals surface area contributed by atoms with Crippen molar-refractivity contribution in [3.63, 3.8) is 0 Å². The molecular weight excluding hydrogens is 354 g/mol. The van der Waals surface area contributed by atoms with E-state index in [1.165, 1.54) is 20.9 Å². The topological polar surface area (TPSA) is 38.0 Å². The summed E-state index contributed by atoms with van der Waals surface area (Å²) in [5.74, 6) is 0.782. The third-order valence-electron chi connectivity index (χ3n) is 5.45. The standard InChI is InChI=1S/C22H31N3OS/c1-18(2)20-7-5-19(6-8-20)16-24-11-13-25(14-12-24)17-22(26)23-10-9-21-4-3-15-27-21/h3-8,15,18H,9-14,16-17H2,1-2H3,(H,23,26)/p+2. The molecule has 3 N–H and O–H groups in total. The SMILES string of the molecule is CC(C)c1ccc(C[NH+]2CC[NH+](CC(=O)NCCc3cccs3)CC2)cc1. The Hall–Kier alpha value is -1.69. The minimum atomic E-state index is 0.189. The zero-order valence-corrected chi connectivity index (χ0v) is 17.4. The first-order valence-corrected chi connectivity index (χ1v) is 11.0. The van der Waals surface area contributed by atoms with Crippen LogP contribution in [-0.4, -0.2) is 45.2 Å². The molecule has 2 aromatic rings. The first-order valence-electron chi connectivity index (χ1n) is 10.1. The summed E-state index contributed by atoms with van der Waals surface area (Å²) in [7, 11) is 0. The van der Waals surface area contributed by atoms with Crippen molar-refractivity contribution in [1.82, 2.24) is 5.32 Å². The van der Waals surface area contributed by atoms with Gasteiger partial charge in [-0.05, 0) is 29.3 Å². The Bertz CT molecular complexity index is 689. The van der Waals surface area contributed by atoms with Crippen molar-refractivity contribution in [3.8, 4) is 0 Å². The second kappa shape index (κ2) is 10.0. The predicted molar refractivity (Wildman–Crippen MR) is 112 cm³/mol. The number of piperazine rings is 1. The number of hydrogen-bond acceptors (Lipinski definition) is 2. The molecule has 1 aromatic heterocycles. The molecule has 4 nitrogen and oxygen atoms in total. The first kappa shape index (κ1) is 20.1. The van der Waals surface area contributed by atoms with E-state index in [9.17, 15) is 4.79 Å². The van der Waals surface area contributed by atoms with Gasteiger partial charge in [0.2, 0.25) is 0 Å². The molecule has 1 saturated heterocycles. The molecule has 0 radical (unpaired) electrons. The molecule has 1 fully saturated rings. The van der Waals surface area contributed by atoms with Crippen LogP contribution < -0.4 is 15.1 Å². The molecule has 0 saturated carbocycles. The van der Waals surface area contributed by atoms with Gasteiger partial charge in [-0.2, -0.15) is 0 Å². The summed E-state index contributed by atoms with van der Waals surface area (Å²) in [4.78, 5) is 16.6. The van der Waals surface area contributed by atoms with Gasteiger partial charge in [0.05, 0.1) is 0 Å². The van der Waals surface area contributed by atoms with E-state index in [1.54, 1.807) is 16.2 Å². The van der Waals surface area contributed by atoms with Gasteiger partial charge >= 0.3 is 0 Å². The van der Waals surface area contributed by atoms with E-state index < -0.39 is 0 Å². The van der Waals surface area contributed by atoms with Crippen LogP contribution in [0.25, 0.3) is 0 Å².